The zero-order valence-electron chi connectivity index (χ0n) is 9.47. The summed E-state index contributed by atoms with van der Waals surface area (Å²) in [4.78, 5) is 0.793. The van der Waals surface area contributed by atoms with Gasteiger partial charge in [0, 0.05) is 4.47 Å². The lowest BCUT2D eigenvalue weighted by Gasteiger charge is -2.04. The Kier molecular flexibility index (Phi) is 4.29. The number of nitrogens with zero attached hydrogens (tertiary/aromatic N) is 1. The third-order valence-corrected chi connectivity index (χ3v) is 4.86. The lowest BCUT2D eigenvalue weighted by Crippen LogP contribution is -1.97. The van der Waals surface area contributed by atoms with Gasteiger partial charge in [0.15, 0.2) is 0 Å². The Labute approximate surface area is 117 Å². The molecule has 1 unspecified atom stereocenters. The van der Waals surface area contributed by atoms with Crippen molar-refractivity contribution in [2.24, 2.45) is 0 Å². The van der Waals surface area contributed by atoms with Crippen molar-refractivity contribution >= 4 is 26.7 Å². The van der Waals surface area contributed by atoms with Crippen molar-refractivity contribution < 1.29 is 4.21 Å². The van der Waals surface area contributed by atoms with Gasteiger partial charge in [0.2, 0.25) is 0 Å². The molecule has 0 radical (unpaired) electrons. The van der Waals surface area contributed by atoms with Gasteiger partial charge in [-0.05, 0) is 45.8 Å². The van der Waals surface area contributed by atoms with Gasteiger partial charge in [0.1, 0.15) is 0 Å². The summed E-state index contributed by atoms with van der Waals surface area (Å²) in [5.74, 6) is 0.453. The summed E-state index contributed by atoms with van der Waals surface area (Å²) in [5.41, 5.74) is 1.58. The van der Waals surface area contributed by atoms with Crippen LogP contribution in [0.2, 0.25) is 0 Å². The molecule has 2 nitrogen and oxygen atoms in total. The van der Waals surface area contributed by atoms with E-state index in [4.69, 9.17) is 5.26 Å². The topological polar surface area (TPSA) is 40.9 Å². The van der Waals surface area contributed by atoms with Gasteiger partial charge in [-0.25, -0.2) is 0 Å². The van der Waals surface area contributed by atoms with Crippen LogP contribution in [0.3, 0.4) is 0 Å². The van der Waals surface area contributed by atoms with Crippen LogP contribution >= 0.6 is 15.9 Å². The molecule has 90 valence electrons. The molecule has 2 aromatic carbocycles. The zero-order chi connectivity index (χ0) is 13.0. The minimum absolute atomic E-state index is 0.453. The van der Waals surface area contributed by atoms with Crippen molar-refractivity contribution in [3.63, 3.8) is 0 Å². The first kappa shape index (κ1) is 13.0. The summed E-state index contributed by atoms with van der Waals surface area (Å²) >= 11 is 3.40. The predicted octanol–water partition coefficient (Wildman–Crippen LogP) is 3.63. The molecule has 0 saturated carbocycles. The number of nitriles is 1. The minimum Gasteiger partial charge on any atom is -0.254 e. The molecular weight excluding hydrogens is 310 g/mol. The minimum atomic E-state index is -1.08. The molecule has 0 spiro atoms. The molecule has 0 amide bonds. The molecule has 2 aromatic rings. The van der Waals surface area contributed by atoms with Crippen LogP contribution in [0.25, 0.3) is 0 Å². The fourth-order valence-corrected chi connectivity index (χ4v) is 3.53. The van der Waals surface area contributed by atoms with Gasteiger partial charge >= 0.3 is 0 Å². The molecular formula is C14H10BrNOS. The van der Waals surface area contributed by atoms with Crippen molar-refractivity contribution in [2.45, 2.75) is 10.6 Å². The Morgan fingerprint density at radius 3 is 2.39 bits per heavy atom. The number of halogens is 1. The van der Waals surface area contributed by atoms with Gasteiger partial charge in [0.25, 0.3) is 0 Å². The molecule has 0 bridgehead atoms. The largest absolute Gasteiger partial charge is 0.254 e. The third-order valence-electron chi connectivity index (χ3n) is 2.46. The van der Waals surface area contributed by atoms with E-state index in [1.54, 1.807) is 12.1 Å². The average molecular weight is 320 g/mol. The average Bonchev–Trinajstić information content (AvgIpc) is 2.40. The highest BCUT2D eigenvalue weighted by Gasteiger charge is 2.08. The quantitative estimate of drug-likeness (QED) is 0.866. The summed E-state index contributed by atoms with van der Waals surface area (Å²) in [6, 6.07) is 16.7. The van der Waals surface area contributed by atoms with E-state index in [9.17, 15) is 4.21 Å². The van der Waals surface area contributed by atoms with Crippen LogP contribution in [-0.2, 0) is 16.6 Å². The maximum absolute atomic E-state index is 12.2. The second-order valence-corrected chi connectivity index (χ2v) is 6.00. The highest BCUT2D eigenvalue weighted by molar-refractivity contribution is 9.10. The predicted molar refractivity (Wildman–Crippen MR) is 75.4 cm³/mol. The van der Waals surface area contributed by atoms with E-state index >= 15 is 0 Å². The summed E-state index contributed by atoms with van der Waals surface area (Å²) in [6.07, 6.45) is 0. The number of benzene rings is 2. The van der Waals surface area contributed by atoms with Crippen LogP contribution in [0.5, 0.6) is 0 Å². The van der Waals surface area contributed by atoms with Crippen LogP contribution in [0, 0.1) is 11.3 Å². The van der Waals surface area contributed by atoms with Crippen molar-refractivity contribution in [2.75, 3.05) is 0 Å². The number of rotatable bonds is 3. The van der Waals surface area contributed by atoms with E-state index in [1.165, 1.54) is 0 Å². The van der Waals surface area contributed by atoms with Crippen LogP contribution in [-0.4, -0.2) is 4.21 Å². The molecule has 2 rings (SSSR count). The lowest BCUT2D eigenvalue weighted by molar-refractivity contribution is 0.682. The molecule has 0 saturated heterocycles. The van der Waals surface area contributed by atoms with Crippen LogP contribution in [0.1, 0.15) is 11.1 Å². The normalized spacial score (nSPS) is 11.8. The van der Waals surface area contributed by atoms with Gasteiger partial charge in [-0.3, -0.25) is 4.21 Å². The van der Waals surface area contributed by atoms with E-state index in [-0.39, 0.29) is 0 Å². The maximum Gasteiger partial charge on any atom is 0.0991 e. The monoisotopic (exact) mass is 319 g/mol. The first-order chi connectivity index (χ1) is 8.70. The summed E-state index contributed by atoms with van der Waals surface area (Å²) in [6.45, 7) is 0. The van der Waals surface area contributed by atoms with Crippen molar-refractivity contribution in [1.29, 1.82) is 5.26 Å². The molecule has 18 heavy (non-hydrogen) atoms. The number of hydrogen-bond acceptors (Lipinski definition) is 2. The first-order valence-electron chi connectivity index (χ1n) is 5.32. The van der Waals surface area contributed by atoms with Gasteiger partial charge in [-0.2, -0.15) is 5.26 Å². The van der Waals surface area contributed by atoms with Crippen molar-refractivity contribution in [3.8, 4) is 6.07 Å². The molecule has 0 fully saturated rings. The second-order valence-electron chi connectivity index (χ2n) is 3.73. The molecule has 0 N–H and O–H groups in total. The summed E-state index contributed by atoms with van der Waals surface area (Å²) in [5, 5.41) is 8.71. The first-order valence-corrected chi connectivity index (χ1v) is 7.44. The Bertz CT molecular complexity index is 616. The van der Waals surface area contributed by atoms with Crippen molar-refractivity contribution in [3.05, 3.63) is 64.1 Å². The molecule has 4 heteroatoms. The lowest BCUT2D eigenvalue weighted by atomic mass is 10.2. The smallest absolute Gasteiger partial charge is 0.0991 e. The summed E-state index contributed by atoms with van der Waals surface area (Å²) in [7, 11) is -1.08. The zero-order valence-corrected chi connectivity index (χ0v) is 11.9. The number of hydrogen-bond donors (Lipinski definition) is 0. The Morgan fingerprint density at radius 2 is 1.78 bits per heavy atom. The van der Waals surface area contributed by atoms with Crippen molar-refractivity contribution in [1.82, 2.24) is 0 Å². The molecule has 0 aliphatic carbocycles. The fourth-order valence-electron chi connectivity index (χ4n) is 1.53. The molecule has 0 aliphatic heterocycles. The van der Waals surface area contributed by atoms with Gasteiger partial charge in [-0.1, -0.05) is 24.3 Å². The molecule has 0 aliphatic rings. The maximum atomic E-state index is 12.2. The Morgan fingerprint density at radius 1 is 1.11 bits per heavy atom. The highest BCUT2D eigenvalue weighted by Crippen LogP contribution is 2.21. The second kappa shape index (κ2) is 5.94. The van der Waals surface area contributed by atoms with E-state index in [0.29, 0.717) is 11.3 Å². The van der Waals surface area contributed by atoms with E-state index in [2.05, 4.69) is 22.0 Å². The fraction of sp³-hybridized carbons (Fsp3) is 0.0714. The van der Waals surface area contributed by atoms with E-state index in [0.717, 1.165) is 14.9 Å². The van der Waals surface area contributed by atoms with Gasteiger partial charge < -0.3 is 0 Å². The molecule has 1 atom stereocenters. The van der Waals surface area contributed by atoms with Gasteiger partial charge in [-0.15, -0.1) is 0 Å². The Balaban J connectivity index is 2.17. The highest BCUT2D eigenvalue weighted by atomic mass is 79.9. The molecule has 0 heterocycles. The van der Waals surface area contributed by atoms with E-state index < -0.39 is 10.8 Å². The van der Waals surface area contributed by atoms with Crippen LogP contribution < -0.4 is 0 Å². The van der Waals surface area contributed by atoms with Crippen LogP contribution in [0.4, 0.5) is 0 Å². The molecule has 0 aromatic heterocycles. The van der Waals surface area contributed by atoms with Gasteiger partial charge in [0.05, 0.1) is 33.1 Å². The van der Waals surface area contributed by atoms with E-state index in [1.807, 2.05) is 36.4 Å². The SMILES string of the molecule is N#Cc1ccc(CS(=O)c2ccccc2Br)cc1. The standard InChI is InChI=1S/C14H10BrNOS/c15-13-3-1-2-4-14(13)18(17)10-12-7-5-11(9-16)6-8-12/h1-8H,10H2. The Hall–Kier alpha value is -1.44. The third kappa shape index (κ3) is 3.06. The summed E-state index contributed by atoms with van der Waals surface area (Å²) < 4.78 is 13.1. The van der Waals surface area contributed by atoms with Crippen LogP contribution in [0.15, 0.2) is 57.9 Å².